The summed E-state index contributed by atoms with van der Waals surface area (Å²) in [4.78, 5) is 25.9. The monoisotopic (exact) mass is 417 g/mol. The van der Waals surface area contributed by atoms with Crippen molar-refractivity contribution in [1.82, 2.24) is 0 Å². The van der Waals surface area contributed by atoms with Crippen LogP contribution in [0.2, 0.25) is 5.02 Å². The minimum absolute atomic E-state index is 0.147. The lowest BCUT2D eigenvalue weighted by Crippen LogP contribution is -2.20. The van der Waals surface area contributed by atoms with E-state index >= 15 is 0 Å². The second-order valence-electron chi connectivity index (χ2n) is 7.09. The number of benzene rings is 2. The average molecular weight is 418 g/mol. The fourth-order valence-corrected chi connectivity index (χ4v) is 3.53. The molecule has 0 aromatic heterocycles. The van der Waals surface area contributed by atoms with Gasteiger partial charge in [-0.3, -0.25) is 9.59 Å². The second kappa shape index (κ2) is 9.05. The first-order chi connectivity index (χ1) is 13.9. The highest BCUT2D eigenvalue weighted by atomic mass is 35.5. The first-order valence-corrected chi connectivity index (χ1v) is 9.70. The molecule has 1 fully saturated rings. The van der Waals surface area contributed by atoms with Crippen LogP contribution in [0.25, 0.3) is 0 Å². The van der Waals surface area contributed by atoms with Gasteiger partial charge in [0.15, 0.2) is 18.1 Å². The van der Waals surface area contributed by atoms with Crippen molar-refractivity contribution >= 4 is 34.8 Å². The number of carbonyl (C=O) groups excluding carboxylic acids is 2. The van der Waals surface area contributed by atoms with Crippen LogP contribution in [0, 0.1) is 5.92 Å². The molecule has 1 aliphatic heterocycles. The highest BCUT2D eigenvalue weighted by Crippen LogP contribution is 2.36. The normalized spacial score (nSPS) is 15.8. The largest absolute Gasteiger partial charge is 0.493 e. The third-order valence-electron chi connectivity index (χ3n) is 4.76. The third-order valence-corrected chi connectivity index (χ3v) is 5.05. The van der Waals surface area contributed by atoms with Gasteiger partial charge in [0, 0.05) is 30.0 Å². The zero-order chi connectivity index (χ0) is 21.0. The van der Waals surface area contributed by atoms with E-state index in [1.807, 2.05) is 24.3 Å². The minimum atomic E-state index is -0.642. The molecule has 2 aromatic carbocycles. The quantitative estimate of drug-likeness (QED) is 0.720. The smallest absolute Gasteiger partial charge is 0.255 e. The summed E-state index contributed by atoms with van der Waals surface area (Å²) in [6.45, 7) is 4.01. The Labute approximate surface area is 174 Å². The molecule has 1 atom stereocenters. The summed E-state index contributed by atoms with van der Waals surface area (Å²) in [7, 11) is 1.42. The van der Waals surface area contributed by atoms with Crippen LogP contribution >= 0.6 is 11.6 Å². The number of rotatable bonds is 7. The van der Waals surface area contributed by atoms with E-state index in [1.54, 1.807) is 0 Å². The molecule has 1 heterocycles. The van der Waals surface area contributed by atoms with Crippen LogP contribution in [0.1, 0.15) is 23.7 Å². The van der Waals surface area contributed by atoms with E-state index in [2.05, 4.69) is 17.1 Å². The van der Waals surface area contributed by atoms with Gasteiger partial charge in [-0.1, -0.05) is 18.5 Å². The Kier molecular flexibility index (Phi) is 6.49. The standard InChI is InChI=1S/C21H24ClN3O4/c1-13-7-8-25(11-13)16-5-3-15(4-6-16)24-21(27)14-9-17(22)20(18(10-14)28-2)29-12-19(23)26/h3-6,9-10,13H,7-8,11-12H2,1-2H3,(H2,23,26)(H,24,27). The molecule has 0 saturated carbocycles. The summed E-state index contributed by atoms with van der Waals surface area (Å²) >= 11 is 6.21. The van der Waals surface area contributed by atoms with Crippen molar-refractivity contribution in [2.75, 3.05) is 37.0 Å². The lowest BCUT2D eigenvalue weighted by molar-refractivity contribution is -0.119. The SMILES string of the molecule is COc1cc(C(=O)Nc2ccc(N3CCC(C)C3)cc2)cc(Cl)c1OCC(N)=O. The predicted molar refractivity (Wildman–Crippen MR) is 113 cm³/mol. The fraction of sp³-hybridized carbons (Fsp3) is 0.333. The van der Waals surface area contributed by atoms with Crippen molar-refractivity contribution in [3.8, 4) is 11.5 Å². The number of amides is 2. The molecule has 8 heteroatoms. The highest BCUT2D eigenvalue weighted by Gasteiger charge is 2.19. The van der Waals surface area contributed by atoms with E-state index in [-0.39, 0.29) is 29.0 Å². The number of nitrogens with one attached hydrogen (secondary N) is 1. The Hall–Kier alpha value is -2.93. The van der Waals surface area contributed by atoms with E-state index in [0.29, 0.717) is 17.2 Å². The van der Waals surface area contributed by atoms with Gasteiger partial charge in [-0.2, -0.15) is 0 Å². The second-order valence-corrected chi connectivity index (χ2v) is 7.49. The van der Waals surface area contributed by atoms with Crippen LogP contribution in [-0.2, 0) is 4.79 Å². The maximum atomic E-state index is 12.6. The van der Waals surface area contributed by atoms with Crippen LogP contribution < -0.4 is 25.4 Å². The Balaban J connectivity index is 1.71. The van der Waals surface area contributed by atoms with Crippen molar-refractivity contribution in [3.63, 3.8) is 0 Å². The number of nitrogens with two attached hydrogens (primary N) is 1. The molecule has 0 radical (unpaired) electrons. The van der Waals surface area contributed by atoms with Crippen molar-refractivity contribution in [2.24, 2.45) is 11.7 Å². The molecule has 3 rings (SSSR count). The molecule has 0 aliphatic carbocycles. The van der Waals surface area contributed by atoms with Crippen LogP contribution in [-0.4, -0.2) is 38.6 Å². The Morgan fingerprint density at radius 1 is 1.28 bits per heavy atom. The van der Waals surface area contributed by atoms with Gasteiger partial charge in [0.25, 0.3) is 11.8 Å². The number of nitrogens with zero attached hydrogens (tertiary/aromatic N) is 1. The molecule has 1 unspecified atom stereocenters. The molecule has 0 spiro atoms. The Morgan fingerprint density at radius 2 is 2.00 bits per heavy atom. The molecule has 0 bridgehead atoms. The first-order valence-electron chi connectivity index (χ1n) is 9.32. The molecule has 1 saturated heterocycles. The molecule has 2 aromatic rings. The average Bonchev–Trinajstić information content (AvgIpc) is 3.13. The van der Waals surface area contributed by atoms with Crippen LogP contribution in [0.15, 0.2) is 36.4 Å². The van der Waals surface area contributed by atoms with Crippen molar-refractivity contribution in [1.29, 1.82) is 0 Å². The number of ether oxygens (including phenoxy) is 2. The molecular weight excluding hydrogens is 394 g/mol. The maximum Gasteiger partial charge on any atom is 0.255 e. The van der Waals surface area contributed by atoms with E-state index in [9.17, 15) is 9.59 Å². The van der Waals surface area contributed by atoms with Crippen LogP contribution in [0.5, 0.6) is 11.5 Å². The molecule has 3 N–H and O–H groups in total. The van der Waals surface area contributed by atoms with Gasteiger partial charge in [-0.05, 0) is 48.7 Å². The number of hydrogen-bond acceptors (Lipinski definition) is 5. The zero-order valence-corrected chi connectivity index (χ0v) is 17.2. The molecule has 154 valence electrons. The lowest BCUT2D eigenvalue weighted by Gasteiger charge is -2.18. The first kappa shape index (κ1) is 20.8. The number of primary amides is 1. The van der Waals surface area contributed by atoms with E-state index in [0.717, 1.165) is 18.8 Å². The number of anilines is 2. The highest BCUT2D eigenvalue weighted by molar-refractivity contribution is 6.32. The topological polar surface area (TPSA) is 93.9 Å². The molecule has 29 heavy (non-hydrogen) atoms. The third kappa shape index (κ3) is 5.12. The Bertz CT molecular complexity index is 902. The summed E-state index contributed by atoms with van der Waals surface area (Å²) in [6.07, 6.45) is 1.19. The van der Waals surface area contributed by atoms with Crippen molar-refractivity contribution < 1.29 is 19.1 Å². The fourth-order valence-electron chi connectivity index (χ4n) is 3.26. The summed E-state index contributed by atoms with van der Waals surface area (Å²) in [5, 5.41) is 2.99. The van der Waals surface area contributed by atoms with Crippen molar-refractivity contribution in [3.05, 3.63) is 47.0 Å². The Morgan fingerprint density at radius 3 is 2.59 bits per heavy atom. The van der Waals surface area contributed by atoms with Gasteiger partial charge >= 0.3 is 0 Å². The minimum Gasteiger partial charge on any atom is -0.493 e. The number of carbonyl (C=O) groups is 2. The summed E-state index contributed by atoms with van der Waals surface area (Å²) in [6, 6.07) is 10.7. The molecule has 7 nitrogen and oxygen atoms in total. The zero-order valence-electron chi connectivity index (χ0n) is 16.4. The summed E-state index contributed by atoms with van der Waals surface area (Å²) in [5.74, 6) is 0.117. The molecular formula is C21H24ClN3O4. The predicted octanol–water partition coefficient (Wildman–Crippen LogP) is 3.31. The lowest BCUT2D eigenvalue weighted by atomic mass is 10.1. The van der Waals surface area contributed by atoms with E-state index in [4.69, 9.17) is 26.8 Å². The van der Waals surface area contributed by atoms with Gasteiger partial charge < -0.3 is 25.4 Å². The van der Waals surface area contributed by atoms with Gasteiger partial charge in [-0.25, -0.2) is 0 Å². The van der Waals surface area contributed by atoms with Crippen molar-refractivity contribution in [2.45, 2.75) is 13.3 Å². The van der Waals surface area contributed by atoms with Gasteiger partial charge in [0.05, 0.1) is 12.1 Å². The number of hydrogen-bond donors (Lipinski definition) is 2. The van der Waals surface area contributed by atoms with Crippen LogP contribution in [0.4, 0.5) is 11.4 Å². The van der Waals surface area contributed by atoms with Crippen LogP contribution in [0.3, 0.4) is 0 Å². The van der Waals surface area contributed by atoms with E-state index in [1.165, 1.54) is 25.7 Å². The summed E-state index contributed by atoms with van der Waals surface area (Å²) < 4.78 is 10.5. The summed E-state index contributed by atoms with van der Waals surface area (Å²) in [5.41, 5.74) is 7.21. The maximum absolute atomic E-state index is 12.6. The van der Waals surface area contributed by atoms with E-state index < -0.39 is 5.91 Å². The number of halogens is 1. The van der Waals surface area contributed by atoms with Gasteiger partial charge in [0.1, 0.15) is 0 Å². The molecule has 2 amide bonds. The van der Waals surface area contributed by atoms with Gasteiger partial charge in [0.2, 0.25) is 0 Å². The molecule has 1 aliphatic rings. The van der Waals surface area contributed by atoms with Gasteiger partial charge in [-0.15, -0.1) is 0 Å². The number of methoxy groups -OCH3 is 1.